The van der Waals surface area contributed by atoms with E-state index in [2.05, 4.69) is 6.07 Å². The zero-order valence-corrected chi connectivity index (χ0v) is 36.9. The molecule has 0 aliphatic carbocycles. The molecule has 0 saturated heterocycles. The van der Waals surface area contributed by atoms with Crippen molar-refractivity contribution < 1.29 is 65.9 Å². The van der Waals surface area contributed by atoms with Gasteiger partial charge < -0.3 is 9.13 Å². The maximum absolute atomic E-state index is 15.4. The van der Waals surface area contributed by atoms with Gasteiger partial charge in [-0.3, -0.25) is 0 Å². The van der Waals surface area contributed by atoms with Crippen LogP contribution >= 0.6 is 0 Å². The minimum Gasteiger partial charge on any atom is -0.309 e. The van der Waals surface area contributed by atoms with Crippen LogP contribution in [0.25, 0.3) is 88.4 Å². The highest BCUT2D eigenvalue weighted by Crippen LogP contribution is 2.48. The van der Waals surface area contributed by atoms with E-state index in [0.717, 1.165) is 18.2 Å². The molecule has 0 bridgehead atoms. The Morgan fingerprint density at radius 3 is 1.14 bits per heavy atom. The Bertz CT molecular complexity index is 3970. The van der Waals surface area contributed by atoms with Gasteiger partial charge in [0.2, 0.25) is 0 Å². The minimum absolute atomic E-state index is 0.0244. The van der Waals surface area contributed by atoms with Crippen molar-refractivity contribution in [1.82, 2.24) is 9.13 Å². The standard InChI is InChI=1S/C55H25F15N4/c56-51(57,58)34-16-31(17-35(23-34)52(59,60)61)28-12-14-40-38-7-1-3-10-44(38)73(47(40)20-28)46-25-42(50-30(26-71)6-5-9-43(50)55(68,69)70)49(22-33(46)27-72)74-45-11-4-2-8-39(45)41-15-13-29(21-48(41)74)32-18-36(53(62,63)64)24-37(19-32)54(65,66)67/h1-25H. The number of para-hydroxylation sites is 2. The Balaban J connectivity index is 1.33. The fourth-order valence-corrected chi connectivity index (χ4v) is 9.47. The zero-order chi connectivity index (χ0) is 53.0. The minimum atomic E-state index is -5.23. The van der Waals surface area contributed by atoms with E-state index >= 15 is 13.2 Å². The number of rotatable bonds is 5. The van der Waals surface area contributed by atoms with Crippen LogP contribution in [-0.2, 0) is 30.9 Å². The number of benzene rings is 8. The molecular formula is C55H25F15N4. The molecule has 0 atom stereocenters. The summed E-state index contributed by atoms with van der Waals surface area (Å²) in [6.07, 6.45) is -26.1. The number of nitrogens with zero attached hydrogens (tertiary/aromatic N) is 4. The summed E-state index contributed by atoms with van der Waals surface area (Å²) in [5.74, 6) is 0. The lowest BCUT2D eigenvalue weighted by Gasteiger charge is -2.22. The molecule has 370 valence electrons. The van der Waals surface area contributed by atoms with Crippen molar-refractivity contribution in [2.45, 2.75) is 30.9 Å². The summed E-state index contributed by atoms with van der Waals surface area (Å²) in [4.78, 5) is 0. The highest BCUT2D eigenvalue weighted by Gasteiger charge is 2.40. The second-order valence-corrected chi connectivity index (χ2v) is 17.1. The molecule has 8 aromatic carbocycles. The Kier molecular flexibility index (Phi) is 11.2. The Labute approximate surface area is 406 Å². The second-order valence-electron chi connectivity index (χ2n) is 17.1. The number of alkyl halides is 15. The molecule has 0 saturated carbocycles. The maximum Gasteiger partial charge on any atom is 0.417 e. The normalized spacial score (nSPS) is 12.8. The van der Waals surface area contributed by atoms with Gasteiger partial charge in [0.05, 0.1) is 78.5 Å². The molecule has 2 aromatic heterocycles. The molecular weight excluding hydrogens is 1000 g/mol. The van der Waals surface area contributed by atoms with Crippen LogP contribution in [0.5, 0.6) is 0 Å². The number of halogens is 15. The van der Waals surface area contributed by atoms with Crippen LogP contribution in [0.1, 0.15) is 38.9 Å². The third kappa shape index (κ3) is 8.37. The molecule has 2 heterocycles. The lowest BCUT2D eigenvalue weighted by atomic mass is 9.91. The highest BCUT2D eigenvalue weighted by atomic mass is 19.4. The largest absolute Gasteiger partial charge is 0.417 e. The van der Waals surface area contributed by atoms with Crippen LogP contribution in [0.4, 0.5) is 65.9 Å². The predicted molar refractivity (Wildman–Crippen MR) is 246 cm³/mol. The van der Waals surface area contributed by atoms with Crippen LogP contribution in [0.15, 0.2) is 152 Å². The average Bonchev–Trinajstić information content (AvgIpc) is 3.86. The van der Waals surface area contributed by atoms with E-state index in [0.29, 0.717) is 51.9 Å². The summed E-state index contributed by atoms with van der Waals surface area (Å²) in [5.41, 5.74) is -10.9. The van der Waals surface area contributed by atoms with E-state index in [1.165, 1.54) is 57.7 Å². The summed E-state index contributed by atoms with van der Waals surface area (Å²) in [6.45, 7) is 0. The predicted octanol–water partition coefficient (Wildman–Crippen LogP) is 17.7. The van der Waals surface area contributed by atoms with Crippen molar-refractivity contribution in [2.75, 3.05) is 0 Å². The lowest BCUT2D eigenvalue weighted by molar-refractivity contribution is -0.144. The molecule has 0 aliphatic heterocycles. The zero-order valence-electron chi connectivity index (χ0n) is 36.9. The van der Waals surface area contributed by atoms with Gasteiger partial charge in [0.25, 0.3) is 0 Å². The number of fused-ring (bicyclic) bond motifs is 6. The third-order valence-electron chi connectivity index (χ3n) is 12.7. The Morgan fingerprint density at radius 1 is 0.324 bits per heavy atom. The van der Waals surface area contributed by atoms with Gasteiger partial charge >= 0.3 is 30.9 Å². The first kappa shape index (κ1) is 48.9. The van der Waals surface area contributed by atoms with Crippen molar-refractivity contribution in [1.29, 1.82) is 10.5 Å². The second kappa shape index (κ2) is 16.9. The smallest absolute Gasteiger partial charge is 0.309 e. The Morgan fingerprint density at radius 2 is 0.730 bits per heavy atom. The summed E-state index contributed by atoms with van der Waals surface area (Å²) >= 11 is 0. The molecule has 10 rings (SSSR count). The van der Waals surface area contributed by atoms with E-state index < -0.39 is 81.0 Å². The topological polar surface area (TPSA) is 57.4 Å². The van der Waals surface area contributed by atoms with Gasteiger partial charge in [0, 0.05) is 32.7 Å². The Hall–Kier alpha value is -8.71. The van der Waals surface area contributed by atoms with Crippen LogP contribution in [0.3, 0.4) is 0 Å². The van der Waals surface area contributed by atoms with Crippen molar-refractivity contribution in [3.63, 3.8) is 0 Å². The highest BCUT2D eigenvalue weighted by molar-refractivity contribution is 6.12. The summed E-state index contributed by atoms with van der Waals surface area (Å²) in [5, 5.41) is 23.0. The molecule has 0 radical (unpaired) electrons. The van der Waals surface area contributed by atoms with Crippen LogP contribution < -0.4 is 0 Å². The molecule has 0 N–H and O–H groups in total. The molecule has 4 nitrogen and oxygen atoms in total. The van der Waals surface area contributed by atoms with Gasteiger partial charge in [0.15, 0.2) is 0 Å². The van der Waals surface area contributed by atoms with Gasteiger partial charge in [-0.2, -0.15) is 76.4 Å². The fourth-order valence-electron chi connectivity index (χ4n) is 9.47. The third-order valence-corrected chi connectivity index (χ3v) is 12.7. The molecule has 0 unspecified atom stereocenters. The van der Waals surface area contributed by atoms with Crippen LogP contribution in [-0.4, -0.2) is 9.13 Å². The molecule has 19 heteroatoms. The number of nitriles is 2. The summed E-state index contributed by atoms with van der Waals surface area (Å²) in [6, 6.07) is 31.4. The van der Waals surface area contributed by atoms with Crippen molar-refractivity contribution in [3.8, 4) is 56.9 Å². The molecule has 0 amide bonds. The van der Waals surface area contributed by atoms with Gasteiger partial charge in [-0.05, 0) is 107 Å². The van der Waals surface area contributed by atoms with Crippen molar-refractivity contribution in [3.05, 3.63) is 191 Å². The lowest BCUT2D eigenvalue weighted by Crippen LogP contribution is -2.11. The molecule has 0 spiro atoms. The van der Waals surface area contributed by atoms with E-state index in [4.69, 9.17) is 0 Å². The fraction of sp³-hybridized carbons (Fsp3) is 0.0909. The monoisotopic (exact) mass is 1030 g/mol. The van der Waals surface area contributed by atoms with Crippen LogP contribution in [0.2, 0.25) is 0 Å². The molecule has 10 aromatic rings. The van der Waals surface area contributed by atoms with Gasteiger partial charge in [-0.25, -0.2) is 0 Å². The van der Waals surface area contributed by atoms with Crippen molar-refractivity contribution >= 4 is 43.6 Å². The molecule has 74 heavy (non-hydrogen) atoms. The molecule has 0 fully saturated rings. The van der Waals surface area contributed by atoms with Gasteiger partial charge in [-0.15, -0.1) is 0 Å². The SMILES string of the molecule is N#Cc1cc(-n2c3ccccc3c3ccc(-c4cc(C(F)(F)F)cc(C(F)(F)F)c4)cc32)c(-c2c(C#N)cccc2C(F)(F)F)cc1-n1c2ccccc2c2ccc(-c3cc(C(F)(F)F)cc(C(F)(F)F)c3)cc21. The average molecular weight is 1030 g/mol. The number of aromatic nitrogens is 2. The summed E-state index contributed by atoms with van der Waals surface area (Å²) in [7, 11) is 0. The summed E-state index contributed by atoms with van der Waals surface area (Å²) < 4.78 is 218. The quantitative estimate of drug-likeness (QED) is 0.161. The first-order chi connectivity index (χ1) is 34.8. The van der Waals surface area contributed by atoms with Crippen LogP contribution in [0, 0.1) is 22.7 Å². The van der Waals surface area contributed by atoms with Crippen molar-refractivity contribution in [2.24, 2.45) is 0 Å². The first-order valence-corrected chi connectivity index (χ1v) is 21.6. The molecule has 0 aliphatic rings. The van der Waals surface area contributed by atoms with E-state index in [-0.39, 0.29) is 67.8 Å². The van der Waals surface area contributed by atoms with E-state index in [1.807, 2.05) is 0 Å². The number of hydrogen-bond donors (Lipinski definition) is 0. The van der Waals surface area contributed by atoms with Gasteiger partial charge in [-0.1, -0.05) is 66.7 Å². The number of hydrogen-bond acceptors (Lipinski definition) is 2. The maximum atomic E-state index is 15.4. The van der Waals surface area contributed by atoms with Gasteiger partial charge in [0.1, 0.15) is 6.07 Å². The van der Waals surface area contributed by atoms with E-state index in [1.54, 1.807) is 48.5 Å². The first-order valence-electron chi connectivity index (χ1n) is 21.6. The van der Waals surface area contributed by atoms with E-state index in [9.17, 15) is 63.2 Å².